The van der Waals surface area contributed by atoms with Gasteiger partial charge in [0, 0.05) is 18.0 Å². The molecule has 138 valence electrons. The number of rotatable bonds is 6. The van der Waals surface area contributed by atoms with Crippen molar-refractivity contribution in [3.63, 3.8) is 0 Å². The maximum atomic E-state index is 12.9. The van der Waals surface area contributed by atoms with E-state index < -0.39 is 5.92 Å². The standard InChI is InChI=1S/C21H17N5O2/c27-20(18(15-7-3-1-4-8-15)16-9-5-2-6-10-16)24-25-21-23-19(26-28-21)17-11-13-22-14-12-17/h1-14,18H,(H,24,27)(H,23,25,26). The summed E-state index contributed by atoms with van der Waals surface area (Å²) < 4.78 is 5.15. The van der Waals surface area contributed by atoms with Crippen molar-refractivity contribution < 1.29 is 9.32 Å². The number of nitrogens with zero attached hydrogens (tertiary/aromatic N) is 3. The molecule has 7 heteroatoms. The molecule has 1 amide bonds. The van der Waals surface area contributed by atoms with Crippen LogP contribution in [0.25, 0.3) is 11.4 Å². The number of hydrazine groups is 1. The maximum absolute atomic E-state index is 12.9. The third kappa shape index (κ3) is 3.88. The lowest BCUT2D eigenvalue weighted by Crippen LogP contribution is -2.34. The Hall–Kier alpha value is -4.00. The molecule has 4 aromatic rings. The minimum absolute atomic E-state index is 0.0973. The highest BCUT2D eigenvalue weighted by Crippen LogP contribution is 2.24. The third-order valence-corrected chi connectivity index (χ3v) is 4.19. The molecule has 0 spiro atoms. The molecule has 0 atom stereocenters. The van der Waals surface area contributed by atoms with Crippen molar-refractivity contribution >= 4 is 11.9 Å². The summed E-state index contributed by atoms with van der Waals surface area (Å²) in [4.78, 5) is 21.1. The van der Waals surface area contributed by atoms with E-state index in [-0.39, 0.29) is 11.9 Å². The predicted molar refractivity (Wildman–Crippen MR) is 104 cm³/mol. The average molecular weight is 371 g/mol. The number of amides is 1. The van der Waals surface area contributed by atoms with Gasteiger partial charge in [0.05, 0.1) is 5.92 Å². The summed E-state index contributed by atoms with van der Waals surface area (Å²) in [6, 6.07) is 22.8. The molecule has 0 aliphatic heterocycles. The van der Waals surface area contributed by atoms with Crippen LogP contribution in [0, 0.1) is 0 Å². The smallest absolute Gasteiger partial charge is 0.313 e. The van der Waals surface area contributed by atoms with Gasteiger partial charge in [-0.3, -0.25) is 15.2 Å². The van der Waals surface area contributed by atoms with E-state index in [1.54, 1.807) is 24.5 Å². The van der Waals surface area contributed by atoms with E-state index in [0.717, 1.165) is 16.7 Å². The van der Waals surface area contributed by atoms with E-state index in [9.17, 15) is 4.79 Å². The van der Waals surface area contributed by atoms with Crippen molar-refractivity contribution in [2.24, 2.45) is 0 Å². The summed E-state index contributed by atoms with van der Waals surface area (Å²) in [5.74, 6) is -0.305. The largest absolute Gasteiger partial charge is 0.340 e. The highest BCUT2D eigenvalue weighted by atomic mass is 16.5. The first-order valence-corrected chi connectivity index (χ1v) is 8.71. The van der Waals surface area contributed by atoms with Gasteiger partial charge in [-0.15, -0.1) is 0 Å². The molecule has 0 bridgehead atoms. The van der Waals surface area contributed by atoms with Crippen molar-refractivity contribution in [1.82, 2.24) is 20.6 Å². The molecule has 0 aliphatic carbocycles. The molecule has 2 aromatic heterocycles. The van der Waals surface area contributed by atoms with Crippen LogP contribution in [0.5, 0.6) is 0 Å². The second-order valence-electron chi connectivity index (χ2n) is 6.03. The zero-order valence-corrected chi connectivity index (χ0v) is 14.8. The lowest BCUT2D eigenvalue weighted by molar-refractivity contribution is -0.121. The van der Waals surface area contributed by atoms with Crippen molar-refractivity contribution in [1.29, 1.82) is 0 Å². The quantitative estimate of drug-likeness (QED) is 0.505. The number of nitrogens with one attached hydrogen (secondary N) is 2. The molecular formula is C21H17N5O2. The molecule has 0 unspecified atom stereocenters. The number of aromatic nitrogens is 3. The molecular weight excluding hydrogens is 354 g/mol. The minimum atomic E-state index is -0.475. The summed E-state index contributed by atoms with van der Waals surface area (Å²) >= 11 is 0. The van der Waals surface area contributed by atoms with Crippen LogP contribution >= 0.6 is 0 Å². The summed E-state index contributed by atoms with van der Waals surface area (Å²) in [6.45, 7) is 0. The van der Waals surface area contributed by atoms with Crippen LogP contribution in [0.1, 0.15) is 17.0 Å². The van der Waals surface area contributed by atoms with Crippen LogP contribution in [0.2, 0.25) is 0 Å². The number of anilines is 1. The van der Waals surface area contributed by atoms with Crippen LogP contribution in [-0.4, -0.2) is 21.0 Å². The Morgan fingerprint density at radius 3 is 2.07 bits per heavy atom. The van der Waals surface area contributed by atoms with Crippen molar-refractivity contribution in [3.8, 4) is 11.4 Å². The van der Waals surface area contributed by atoms with Gasteiger partial charge in [0.15, 0.2) is 0 Å². The molecule has 0 aliphatic rings. The van der Waals surface area contributed by atoms with E-state index in [1.165, 1.54) is 0 Å². The normalized spacial score (nSPS) is 10.6. The first-order valence-electron chi connectivity index (χ1n) is 8.71. The van der Waals surface area contributed by atoms with Gasteiger partial charge in [-0.1, -0.05) is 65.8 Å². The maximum Gasteiger partial charge on any atom is 0.340 e. The highest BCUT2D eigenvalue weighted by molar-refractivity contribution is 5.87. The molecule has 2 heterocycles. The Labute approximate surface area is 161 Å². The zero-order valence-electron chi connectivity index (χ0n) is 14.8. The predicted octanol–water partition coefficient (Wildman–Crippen LogP) is 3.41. The minimum Gasteiger partial charge on any atom is -0.313 e. The van der Waals surface area contributed by atoms with Gasteiger partial charge in [0.1, 0.15) is 0 Å². The van der Waals surface area contributed by atoms with Gasteiger partial charge in [-0.25, -0.2) is 5.43 Å². The molecule has 0 saturated carbocycles. The van der Waals surface area contributed by atoms with Crippen LogP contribution in [0.15, 0.2) is 89.7 Å². The molecule has 0 saturated heterocycles. The third-order valence-electron chi connectivity index (χ3n) is 4.19. The molecule has 7 nitrogen and oxygen atoms in total. The van der Waals surface area contributed by atoms with Crippen LogP contribution in [-0.2, 0) is 4.79 Å². The Balaban J connectivity index is 1.50. The van der Waals surface area contributed by atoms with E-state index in [1.807, 2.05) is 60.7 Å². The number of hydrogen-bond donors (Lipinski definition) is 2. The van der Waals surface area contributed by atoms with Crippen LogP contribution < -0.4 is 10.9 Å². The molecule has 4 rings (SSSR count). The van der Waals surface area contributed by atoms with Crippen molar-refractivity contribution in [2.75, 3.05) is 5.43 Å². The van der Waals surface area contributed by atoms with Crippen LogP contribution in [0.3, 0.4) is 0 Å². The fourth-order valence-electron chi connectivity index (χ4n) is 2.87. The molecule has 28 heavy (non-hydrogen) atoms. The van der Waals surface area contributed by atoms with Crippen molar-refractivity contribution in [3.05, 3.63) is 96.3 Å². The summed E-state index contributed by atoms with van der Waals surface area (Å²) in [6.07, 6.45) is 3.29. The topological polar surface area (TPSA) is 92.9 Å². The monoisotopic (exact) mass is 371 g/mol. The Morgan fingerprint density at radius 1 is 0.857 bits per heavy atom. The van der Waals surface area contributed by atoms with Gasteiger partial charge >= 0.3 is 6.01 Å². The Bertz CT molecular complexity index is 997. The summed E-state index contributed by atoms with van der Waals surface area (Å²) in [5, 5.41) is 3.90. The second kappa shape index (κ2) is 8.13. The van der Waals surface area contributed by atoms with E-state index in [2.05, 4.69) is 26.0 Å². The fraction of sp³-hybridized carbons (Fsp3) is 0.0476. The lowest BCUT2D eigenvalue weighted by atomic mass is 9.91. The number of carbonyl (C=O) groups excluding carboxylic acids is 1. The van der Waals surface area contributed by atoms with Gasteiger partial charge in [-0.2, -0.15) is 4.98 Å². The molecule has 2 aromatic carbocycles. The molecule has 2 N–H and O–H groups in total. The SMILES string of the molecule is O=C(NNc1nc(-c2ccncc2)no1)C(c1ccccc1)c1ccccc1. The first kappa shape index (κ1) is 17.4. The zero-order chi connectivity index (χ0) is 19.2. The number of hydrogen-bond acceptors (Lipinski definition) is 6. The molecule has 0 fully saturated rings. The highest BCUT2D eigenvalue weighted by Gasteiger charge is 2.23. The van der Waals surface area contributed by atoms with Gasteiger partial charge in [0.25, 0.3) is 0 Å². The molecule has 0 radical (unpaired) electrons. The van der Waals surface area contributed by atoms with E-state index >= 15 is 0 Å². The fourth-order valence-corrected chi connectivity index (χ4v) is 2.87. The first-order chi connectivity index (χ1) is 13.8. The Kier molecular flexibility index (Phi) is 5.06. The summed E-state index contributed by atoms with van der Waals surface area (Å²) in [7, 11) is 0. The van der Waals surface area contributed by atoms with Gasteiger partial charge < -0.3 is 4.52 Å². The van der Waals surface area contributed by atoms with Crippen LogP contribution in [0.4, 0.5) is 6.01 Å². The number of pyridine rings is 1. The van der Waals surface area contributed by atoms with Gasteiger partial charge in [-0.05, 0) is 23.3 Å². The van der Waals surface area contributed by atoms with E-state index in [0.29, 0.717) is 5.82 Å². The van der Waals surface area contributed by atoms with Gasteiger partial charge in [0.2, 0.25) is 11.7 Å². The number of carbonyl (C=O) groups is 1. The van der Waals surface area contributed by atoms with E-state index in [4.69, 9.17) is 4.52 Å². The summed E-state index contributed by atoms with van der Waals surface area (Å²) in [5.41, 5.74) is 7.90. The van der Waals surface area contributed by atoms with Crippen molar-refractivity contribution in [2.45, 2.75) is 5.92 Å². The average Bonchev–Trinajstić information content (AvgIpc) is 3.24. The number of benzene rings is 2. The second-order valence-corrected chi connectivity index (χ2v) is 6.03. The lowest BCUT2D eigenvalue weighted by Gasteiger charge is -2.17. The Morgan fingerprint density at radius 2 is 1.46 bits per heavy atom.